The second-order valence-corrected chi connectivity index (χ2v) is 4.68. The fourth-order valence-electron chi connectivity index (χ4n) is 1.51. The van der Waals surface area contributed by atoms with Gasteiger partial charge in [0.25, 0.3) is 0 Å². The van der Waals surface area contributed by atoms with Crippen molar-refractivity contribution in [1.29, 1.82) is 0 Å². The number of aliphatic carboxylic acids is 1. The number of benzene rings is 1. The highest BCUT2D eigenvalue weighted by atomic mass is 79.9. The van der Waals surface area contributed by atoms with Gasteiger partial charge in [-0.2, -0.15) is 0 Å². The van der Waals surface area contributed by atoms with E-state index in [1.165, 1.54) is 0 Å². The number of rotatable bonds is 6. The van der Waals surface area contributed by atoms with E-state index in [9.17, 15) is 4.79 Å². The summed E-state index contributed by atoms with van der Waals surface area (Å²) in [6.07, 6.45) is 0.518. The molecule has 0 aliphatic rings. The fraction of sp³-hybridized carbons (Fsp3) is 0.417. The van der Waals surface area contributed by atoms with Gasteiger partial charge in [-0.3, -0.25) is 4.79 Å². The van der Waals surface area contributed by atoms with Gasteiger partial charge in [0.2, 0.25) is 0 Å². The summed E-state index contributed by atoms with van der Waals surface area (Å²) in [6.45, 7) is 0.533. The van der Waals surface area contributed by atoms with Crippen molar-refractivity contribution in [3.8, 4) is 0 Å². The first kappa shape index (κ1) is 14.2. The van der Waals surface area contributed by atoms with Crippen LogP contribution in [0, 0.1) is 0 Å². The van der Waals surface area contributed by atoms with E-state index in [0.717, 1.165) is 15.6 Å². The first-order valence-electron chi connectivity index (χ1n) is 5.29. The van der Waals surface area contributed by atoms with E-state index in [1.807, 2.05) is 18.2 Å². The molecule has 1 rings (SSSR count). The Balaban J connectivity index is 2.71. The molecule has 0 heterocycles. The van der Waals surface area contributed by atoms with Gasteiger partial charge in [-0.25, -0.2) is 0 Å². The summed E-state index contributed by atoms with van der Waals surface area (Å²) in [5.74, 6) is -0.824. The molecule has 4 nitrogen and oxygen atoms in total. The van der Waals surface area contributed by atoms with Crippen molar-refractivity contribution in [2.24, 2.45) is 5.73 Å². The monoisotopic (exact) mass is 301 g/mol. The van der Waals surface area contributed by atoms with Crippen molar-refractivity contribution >= 4 is 21.9 Å². The summed E-state index contributed by atoms with van der Waals surface area (Å²) >= 11 is 3.44. The van der Waals surface area contributed by atoms with Gasteiger partial charge in [0, 0.05) is 24.0 Å². The van der Waals surface area contributed by atoms with Crippen molar-refractivity contribution in [3.05, 3.63) is 33.8 Å². The zero-order valence-corrected chi connectivity index (χ0v) is 11.2. The number of carbonyl (C=O) groups is 1. The maximum absolute atomic E-state index is 10.5. The van der Waals surface area contributed by atoms with Gasteiger partial charge in [0.15, 0.2) is 0 Å². The smallest absolute Gasteiger partial charge is 0.303 e. The lowest BCUT2D eigenvalue weighted by Crippen LogP contribution is -2.12. The number of carboxylic acids is 1. The Labute approximate surface area is 109 Å². The van der Waals surface area contributed by atoms with Crippen LogP contribution in [0.2, 0.25) is 0 Å². The Hall–Kier alpha value is -0.910. The molecule has 0 aliphatic heterocycles. The number of halogens is 1. The van der Waals surface area contributed by atoms with Crippen molar-refractivity contribution in [2.45, 2.75) is 25.5 Å². The highest BCUT2D eigenvalue weighted by Gasteiger charge is 2.10. The maximum Gasteiger partial charge on any atom is 0.303 e. The second-order valence-electron chi connectivity index (χ2n) is 3.82. The number of nitrogens with two attached hydrogens (primary N) is 1. The minimum atomic E-state index is -0.824. The van der Waals surface area contributed by atoms with Gasteiger partial charge < -0.3 is 15.6 Å². The molecule has 0 saturated carbocycles. The average molecular weight is 302 g/mol. The summed E-state index contributed by atoms with van der Waals surface area (Å²) in [4.78, 5) is 10.5. The molecule has 0 spiro atoms. The maximum atomic E-state index is 10.5. The van der Waals surface area contributed by atoms with Crippen LogP contribution in [0.3, 0.4) is 0 Å². The minimum absolute atomic E-state index is 0.0820. The van der Waals surface area contributed by atoms with E-state index in [1.54, 1.807) is 7.11 Å². The van der Waals surface area contributed by atoms with Crippen LogP contribution in [0.15, 0.2) is 22.7 Å². The van der Waals surface area contributed by atoms with Crippen LogP contribution >= 0.6 is 15.9 Å². The molecule has 17 heavy (non-hydrogen) atoms. The second kappa shape index (κ2) is 6.74. The van der Waals surface area contributed by atoms with Crippen LogP contribution in [-0.2, 0) is 16.1 Å². The van der Waals surface area contributed by atoms with Crippen LogP contribution in [0.1, 0.15) is 30.0 Å². The number of hydrogen-bond donors (Lipinski definition) is 2. The number of carboxylic acid groups (broad SMARTS) is 1. The van der Waals surface area contributed by atoms with Gasteiger partial charge in [0.1, 0.15) is 0 Å². The molecule has 94 valence electrons. The summed E-state index contributed by atoms with van der Waals surface area (Å²) in [7, 11) is 1.64. The average Bonchev–Trinajstić information content (AvgIpc) is 2.28. The van der Waals surface area contributed by atoms with Crippen LogP contribution in [-0.4, -0.2) is 18.2 Å². The van der Waals surface area contributed by atoms with Crippen molar-refractivity contribution < 1.29 is 14.6 Å². The highest BCUT2D eigenvalue weighted by Crippen LogP contribution is 2.24. The Kier molecular flexibility index (Phi) is 5.61. The predicted molar refractivity (Wildman–Crippen MR) is 68.7 cm³/mol. The Bertz CT molecular complexity index is 395. The van der Waals surface area contributed by atoms with E-state index >= 15 is 0 Å². The predicted octanol–water partition coefficient (Wildman–Crippen LogP) is 2.46. The Morgan fingerprint density at radius 2 is 2.29 bits per heavy atom. The van der Waals surface area contributed by atoms with E-state index < -0.39 is 5.97 Å². The third-order valence-corrected chi connectivity index (χ3v) is 3.21. The molecule has 3 N–H and O–H groups in total. The van der Waals surface area contributed by atoms with Crippen LogP contribution < -0.4 is 5.73 Å². The highest BCUT2D eigenvalue weighted by molar-refractivity contribution is 9.10. The summed E-state index contributed by atoms with van der Waals surface area (Å²) in [5.41, 5.74) is 7.89. The number of methoxy groups -OCH3 is 1. The summed E-state index contributed by atoms with van der Waals surface area (Å²) in [6, 6.07) is 5.51. The lowest BCUT2D eigenvalue weighted by Gasteiger charge is -2.12. The quantitative estimate of drug-likeness (QED) is 0.846. The molecule has 0 aliphatic carbocycles. The first-order valence-corrected chi connectivity index (χ1v) is 6.08. The molecule has 0 saturated heterocycles. The minimum Gasteiger partial charge on any atom is -0.481 e. The molecule has 1 aromatic carbocycles. The van der Waals surface area contributed by atoms with Crippen molar-refractivity contribution in [3.63, 3.8) is 0 Å². The van der Waals surface area contributed by atoms with E-state index in [0.29, 0.717) is 13.0 Å². The fourth-order valence-corrected chi connectivity index (χ4v) is 2.02. The molecule has 1 unspecified atom stereocenters. The lowest BCUT2D eigenvalue weighted by atomic mass is 10.0. The third-order valence-electron chi connectivity index (χ3n) is 2.47. The molecular formula is C12H16BrNO3. The first-order chi connectivity index (χ1) is 8.04. The van der Waals surface area contributed by atoms with Crippen molar-refractivity contribution in [2.75, 3.05) is 7.11 Å². The largest absolute Gasteiger partial charge is 0.481 e. The Morgan fingerprint density at radius 3 is 2.82 bits per heavy atom. The third kappa shape index (κ3) is 4.46. The zero-order chi connectivity index (χ0) is 12.8. The van der Waals surface area contributed by atoms with Crippen molar-refractivity contribution in [1.82, 2.24) is 0 Å². The molecule has 0 bridgehead atoms. The standard InChI is InChI=1S/C12H16BrNO3/c1-17-7-9-3-2-8(6-10(9)13)11(14)4-5-12(15)16/h2-3,6,11H,4-5,7,14H2,1H3,(H,15,16). The molecule has 5 heteroatoms. The van der Waals surface area contributed by atoms with Gasteiger partial charge in [-0.05, 0) is 23.6 Å². The van der Waals surface area contributed by atoms with Crippen LogP contribution in [0.25, 0.3) is 0 Å². The Morgan fingerprint density at radius 1 is 1.59 bits per heavy atom. The van der Waals surface area contributed by atoms with E-state index in [4.69, 9.17) is 15.6 Å². The van der Waals surface area contributed by atoms with Crippen LogP contribution in [0.4, 0.5) is 0 Å². The van der Waals surface area contributed by atoms with Gasteiger partial charge in [0.05, 0.1) is 6.61 Å². The molecule has 1 atom stereocenters. The lowest BCUT2D eigenvalue weighted by molar-refractivity contribution is -0.137. The molecule has 0 amide bonds. The van der Waals surface area contributed by atoms with Gasteiger partial charge >= 0.3 is 5.97 Å². The molecule has 0 fully saturated rings. The molecular weight excluding hydrogens is 286 g/mol. The van der Waals surface area contributed by atoms with E-state index in [-0.39, 0.29) is 12.5 Å². The summed E-state index contributed by atoms with van der Waals surface area (Å²) < 4.78 is 5.98. The number of ether oxygens (including phenoxy) is 1. The van der Waals surface area contributed by atoms with E-state index in [2.05, 4.69) is 15.9 Å². The topological polar surface area (TPSA) is 72.5 Å². The summed E-state index contributed by atoms with van der Waals surface area (Å²) in [5, 5.41) is 8.60. The number of hydrogen-bond acceptors (Lipinski definition) is 3. The van der Waals surface area contributed by atoms with Gasteiger partial charge in [-0.15, -0.1) is 0 Å². The van der Waals surface area contributed by atoms with Gasteiger partial charge in [-0.1, -0.05) is 28.1 Å². The SMILES string of the molecule is COCc1ccc(C(N)CCC(=O)O)cc1Br. The van der Waals surface area contributed by atoms with Crippen LogP contribution in [0.5, 0.6) is 0 Å². The molecule has 0 radical (unpaired) electrons. The molecule has 1 aromatic rings. The normalized spacial score (nSPS) is 12.4. The zero-order valence-electron chi connectivity index (χ0n) is 9.65. The molecule has 0 aromatic heterocycles.